The highest BCUT2D eigenvalue weighted by Gasteiger charge is 2.38. The maximum Gasteiger partial charge on any atom is -0.0295 e. The maximum atomic E-state index is 2.57. The molecular weight excluding hydrogens is 240 g/mol. The summed E-state index contributed by atoms with van der Waals surface area (Å²) in [6, 6.07) is 0. The summed E-state index contributed by atoms with van der Waals surface area (Å²) in [6.07, 6.45) is 11.0. The van der Waals surface area contributed by atoms with Gasteiger partial charge < -0.3 is 0 Å². The molecule has 0 spiro atoms. The van der Waals surface area contributed by atoms with Crippen LogP contribution in [0.2, 0.25) is 0 Å². The van der Waals surface area contributed by atoms with Gasteiger partial charge >= 0.3 is 0 Å². The van der Waals surface area contributed by atoms with Crippen LogP contribution in [0.25, 0.3) is 0 Å². The van der Waals surface area contributed by atoms with E-state index in [9.17, 15) is 0 Å². The highest BCUT2D eigenvalue weighted by atomic mass is 14.4. The van der Waals surface area contributed by atoms with Crippen molar-refractivity contribution in [3.8, 4) is 0 Å². The molecule has 0 N–H and O–H groups in total. The maximum absolute atomic E-state index is 2.57. The second kappa shape index (κ2) is 9.11. The van der Waals surface area contributed by atoms with E-state index in [4.69, 9.17) is 0 Å². The average molecular weight is 283 g/mol. The second-order valence-corrected chi connectivity index (χ2v) is 8.07. The molecule has 0 aromatic heterocycles. The van der Waals surface area contributed by atoms with Gasteiger partial charge in [0.05, 0.1) is 0 Å². The van der Waals surface area contributed by atoms with E-state index in [-0.39, 0.29) is 0 Å². The number of hydrogen-bond donors (Lipinski definition) is 0. The van der Waals surface area contributed by atoms with Crippen molar-refractivity contribution in [2.24, 2.45) is 22.7 Å². The van der Waals surface area contributed by atoms with E-state index in [2.05, 4.69) is 55.4 Å². The summed E-state index contributed by atoms with van der Waals surface area (Å²) in [7, 11) is 0. The van der Waals surface area contributed by atoms with E-state index in [1.807, 2.05) is 0 Å². The SMILES string of the molecule is CCCC(CC)(CCC)CC(C)(CC)C(C)CC(C)C. The van der Waals surface area contributed by atoms with Crippen LogP contribution in [-0.4, -0.2) is 0 Å². The summed E-state index contributed by atoms with van der Waals surface area (Å²) < 4.78 is 0. The molecule has 0 bridgehead atoms. The molecule has 0 rings (SSSR count). The quantitative estimate of drug-likeness (QED) is 0.368. The van der Waals surface area contributed by atoms with Crippen molar-refractivity contribution in [3.05, 3.63) is 0 Å². The van der Waals surface area contributed by atoms with Crippen LogP contribution in [0, 0.1) is 22.7 Å². The van der Waals surface area contributed by atoms with Crippen LogP contribution >= 0.6 is 0 Å². The van der Waals surface area contributed by atoms with Crippen LogP contribution in [0.15, 0.2) is 0 Å². The van der Waals surface area contributed by atoms with Crippen LogP contribution < -0.4 is 0 Å². The first-order valence-electron chi connectivity index (χ1n) is 9.29. The Hall–Kier alpha value is 0. The predicted octanol–water partition coefficient (Wildman–Crippen LogP) is 7.47. The van der Waals surface area contributed by atoms with Crippen molar-refractivity contribution in [3.63, 3.8) is 0 Å². The standard InChI is InChI=1S/C20H42/c1-9-13-20(12-4,14-10-2)16-19(8,11-3)18(7)15-17(5)6/h17-18H,9-16H2,1-8H3. The molecule has 0 amide bonds. The van der Waals surface area contributed by atoms with Crippen LogP contribution in [0.3, 0.4) is 0 Å². The Labute approximate surface area is 130 Å². The van der Waals surface area contributed by atoms with Gasteiger partial charge in [0.2, 0.25) is 0 Å². The highest BCUT2D eigenvalue weighted by molar-refractivity contribution is 4.89. The van der Waals surface area contributed by atoms with Gasteiger partial charge in [-0.05, 0) is 48.3 Å². The summed E-state index contributed by atoms with van der Waals surface area (Å²) in [4.78, 5) is 0. The lowest BCUT2D eigenvalue weighted by atomic mass is 9.60. The smallest absolute Gasteiger partial charge is 0.0295 e. The summed E-state index contributed by atoms with van der Waals surface area (Å²) in [5.74, 6) is 1.66. The molecule has 0 aliphatic heterocycles. The third kappa shape index (κ3) is 5.78. The fourth-order valence-corrected chi connectivity index (χ4v) is 4.34. The van der Waals surface area contributed by atoms with E-state index in [0.717, 1.165) is 11.8 Å². The topological polar surface area (TPSA) is 0 Å². The fraction of sp³-hybridized carbons (Fsp3) is 1.00. The van der Waals surface area contributed by atoms with Gasteiger partial charge in [0.1, 0.15) is 0 Å². The molecule has 122 valence electrons. The van der Waals surface area contributed by atoms with Gasteiger partial charge in [0.25, 0.3) is 0 Å². The average Bonchev–Trinajstić information content (AvgIpc) is 2.38. The lowest BCUT2D eigenvalue weighted by molar-refractivity contribution is 0.0565. The predicted molar refractivity (Wildman–Crippen MR) is 94.2 cm³/mol. The van der Waals surface area contributed by atoms with Gasteiger partial charge in [-0.3, -0.25) is 0 Å². The first kappa shape index (κ1) is 20.0. The Morgan fingerprint density at radius 3 is 1.60 bits per heavy atom. The van der Waals surface area contributed by atoms with Gasteiger partial charge in [-0.2, -0.15) is 0 Å². The minimum atomic E-state index is 0.518. The van der Waals surface area contributed by atoms with E-state index in [0.29, 0.717) is 10.8 Å². The zero-order valence-corrected chi connectivity index (χ0v) is 15.8. The highest BCUT2D eigenvalue weighted by Crippen LogP contribution is 2.49. The molecule has 0 aliphatic carbocycles. The molecule has 0 aromatic rings. The second-order valence-electron chi connectivity index (χ2n) is 8.07. The van der Waals surface area contributed by atoms with Crippen LogP contribution in [0.4, 0.5) is 0 Å². The van der Waals surface area contributed by atoms with Crippen molar-refractivity contribution in [2.45, 2.75) is 107 Å². The molecule has 0 aliphatic rings. The molecule has 0 aromatic carbocycles. The molecule has 20 heavy (non-hydrogen) atoms. The molecular formula is C20H42. The Morgan fingerprint density at radius 2 is 1.30 bits per heavy atom. The Morgan fingerprint density at radius 1 is 0.800 bits per heavy atom. The zero-order chi connectivity index (χ0) is 15.8. The minimum Gasteiger partial charge on any atom is -0.0654 e. The minimum absolute atomic E-state index is 0.518. The lowest BCUT2D eigenvalue weighted by Gasteiger charge is -2.45. The molecule has 0 radical (unpaired) electrons. The van der Waals surface area contributed by atoms with Crippen LogP contribution in [0.5, 0.6) is 0 Å². The Balaban J connectivity index is 5.09. The Kier molecular flexibility index (Phi) is 9.11. The largest absolute Gasteiger partial charge is 0.0654 e. The molecule has 2 atom stereocenters. The number of rotatable bonds is 11. The van der Waals surface area contributed by atoms with Gasteiger partial charge in [0.15, 0.2) is 0 Å². The van der Waals surface area contributed by atoms with E-state index in [1.54, 1.807) is 0 Å². The van der Waals surface area contributed by atoms with Gasteiger partial charge in [-0.15, -0.1) is 0 Å². The molecule has 0 fully saturated rings. The van der Waals surface area contributed by atoms with Crippen LogP contribution in [-0.2, 0) is 0 Å². The van der Waals surface area contributed by atoms with E-state index in [1.165, 1.54) is 51.4 Å². The molecule has 0 saturated carbocycles. The van der Waals surface area contributed by atoms with Crippen molar-refractivity contribution < 1.29 is 0 Å². The zero-order valence-electron chi connectivity index (χ0n) is 15.8. The van der Waals surface area contributed by atoms with Crippen molar-refractivity contribution >= 4 is 0 Å². The monoisotopic (exact) mass is 282 g/mol. The molecule has 0 saturated heterocycles. The van der Waals surface area contributed by atoms with Crippen LogP contribution in [0.1, 0.15) is 107 Å². The fourth-order valence-electron chi connectivity index (χ4n) is 4.34. The molecule has 0 heterocycles. The van der Waals surface area contributed by atoms with Crippen molar-refractivity contribution in [1.29, 1.82) is 0 Å². The molecule has 0 heteroatoms. The van der Waals surface area contributed by atoms with Gasteiger partial charge in [-0.1, -0.05) is 81.1 Å². The summed E-state index contributed by atoms with van der Waals surface area (Å²) >= 11 is 0. The first-order valence-corrected chi connectivity index (χ1v) is 9.29. The summed E-state index contributed by atoms with van der Waals surface area (Å²) in [6.45, 7) is 19.4. The van der Waals surface area contributed by atoms with E-state index < -0.39 is 0 Å². The van der Waals surface area contributed by atoms with Gasteiger partial charge in [0, 0.05) is 0 Å². The molecule has 0 nitrogen and oxygen atoms in total. The summed E-state index contributed by atoms with van der Waals surface area (Å²) in [5.41, 5.74) is 1.12. The number of hydrogen-bond acceptors (Lipinski definition) is 0. The normalized spacial score (nSPS) is 17.2. The van der Waals surface area contributed by atoms with Gasteiger partial charge in [-0.25, -0.2) is 0 Å². The summed E-state index contributed by atoms with van der Waals surface area (Å²) in [5, 5.41) is 0. The Bertz CT molecular complexity index is 234. The lowest BCUT2D eigenvalue weighted by Crippen LogP contribution is -2.34. The van der Waals surface area contributed by atoms with Crippen molar-refractivity contribution in [2.75, 3.05) is 0 Å². The molecule has 2 unspecified atom stereocenters. The van der Waals surface area contributed by atoms with E-state index >= 15 is 0 Å². The third-order valence-electron chi connectivity index (χ3n) is 5.91. The third-order valence-corrected chi connectivity index (χ3v) is 5.91. The van der Waals surface area contributed by atoms with Crippen molar-refractivity contribution in [1.82, 2.24) is 0 Å². The first-order chi connectivity index (χ1) is 9.29.